The van der Waals surface area contributed by atoms with Crippen molar-refractivity contribution in [1.82, 2.24) is 9.88 Å². The van der Waals surface area contributed by atoms with Crippen molar-refractivity contribution < 1.29 is 19.4 Å². The van der Waals surface area contributed by atoms with Crippen molar-refractivity contribution >= 4 is 31.0 Å². The number of pyridine rings is 1. The van der Waals surface area contributed by atoms with E-state index in [1.165, 1.54) is 17.0 Å². The molecule has 5 N–H and O–H groups in total. The Morgan fingerprint density at radius 2 is 1.82 bits per heavy atom. The van der Waals surface area contributed by atoms with E-state index in [9.17, 15) is 19.8 Å². The number of fused-ring (bicyclic) bond motifs is 1. The number of H-pyrrole nitrogens is 1. The lowest BCUT2D eigenvalue weighted by Gasteiger charge is -2.40. The predicted octanol–water partition coefficient (Wildman–Crippen LogP) is 5.69. The van der Waals surface area contributed by atoms with Crippen LogP contribution in [-0.2, 0) is 4.43 Å². The van der Waals surface area contributed by atoms with Crippen LogP contribution < -0.4 is 11.3 Å². The molecule has 0 aliphatic rings. The van der Waals surface area contributed by atoms with Crippen LogP contribution in [0, 0.1) is 11.8 Å². The zero-order chi connectivity index (χ0) is 28.1. The van der Waals surface area contributed by atoms with Crippen LogP contribution in [0.15, 0.2) is 53.3 Å². The summed E-state index contributed by atoms with van der Waals surface area (Å²) in [7, 11) is -2.34. The van der Waals surface area contributed by atoms with Gasteiger partial charge in [-0.25, -0.2) is 4.79 Å². The lowest BCUT2D eigenvalue weighted by molar-refractivity contribution is 0.101. The third kappa shape index (κ3) is 7.18. The normalized spacial score (nSPS) is 12.6. The molecule has 3 rings (SSSR count). The number of amides is 1. The van der Waals surface area contributed by atoms with Gasteiger partial charge in [-0.3, -0.25) is 4.79 Å². The number of nitrogens with two attached hydrogens (primary N) is 1. The number of aromatic nitrogens is 1. The number of unbranched alkanes of at least 4 members (excludes halogenated alkanes) is 1. The van der Waals surface area contributed by atoms with Gasteiger partial charge in [0.1, 0.15) is 5.75 Å². The van der Waals surface area contributed by atoms with Gasteiger partial charge in [0.15, 0.2) is 8.32 Å². The lowest BCUT2D eigenvalue weighted by Crippen LogP contribution is -2.45. The highest BCUT2D eigenvalue weighted by Gasteiger charge is 2.40. The molecule has 0 fully saturated rings. The molecule has 0 bridgehead atoms. The third-order valence-electron chi connectivity index (χ3n) is 7.03. The first kappa shape index (κ1) is 28.8. The maximum atomic E-state index is 12.3. The Morgan fingerprint density at radius 3 is 2.45 bits per heavy atom. The maximum absolute atomic E-state index is 12.3. The van der Waals surface area contributed by atoms with Crippen LogP contribution >= 0.6 is 0 Å². The summed E-state index contributed by atoms with van der Waals surface area (Å²) < 4.78 is 6.76. The monoisotopic (exact) mass is 535 g/mol. The van der Waals surface area contributed by atoms with Crippen LogP contribution in [0.4, 0.5) is 10.5 Å². The Kier molecular flexibility index (Phi) is 8.92. The summed E-state index contributed by atoms with van der Waals surface area (Å²) in [6.07, 6.45) is -0.547. The molecule has 8 nitrogen and oxygen atoms in total. The minimum absolute atomic E-state index is 0.0534. The van der Waals surface area contributed by atoms with Crippen molar-refractivity contribution in [3.05, 3.63) is 70.0 Å². The van der Waals surface area contributed by atoms with E-state index in [2.05, 4.69) is 50.7 Å². The van der Waals surface area contributed by atoms with Crippen molar-refractivity contribution in [1.29, 1.82) is 0 Å². The molecule has 1 unspecified atom stereocenters. The van der Waals surface area contributed by atoms with Gasteiger partial charge in [0.2, 0.25) is 5.56 Å². The number of nitrogen functional groups attached to an aromatic ring is 1. The number of nitrogens with zero attached hydrogens (tertiary/aromatic N) is 1. The van der Waals surface area contributed by atoms with E-state index in [0.717, 1.165) is 5.56 Å². The van der Waals surface area contributed by atoms with E-state index < -0.39 is 20.5 Å². The number of nitrogens with one attached hydrogen (secondary N) is 1. The highest BCUT2D eigenvalue weighted by atomic mass is 28.4. The lowest BCUT2D eigenvalue weighted by atomic mass is 10.0. The molecule has 202 valence electrons. The zero-order valence-electron chi connectivity index (χ0n) is 22.7. The number of anilines is 1. The molecule has 0 saturated heterocycles. The number of hydrogen-bond donors (Lipinski definition) is 4. The van der Waals surface area contributed by atoms with Crippen LogP contribution in [0.2, 0.25) is 18.1 Å². The minimum Gasteiger partial charge on any atom is -0.506 e. The van der Waals surface area contributed by atoms with Gasteiger partial charge < -0.3 is 30.3 Å². The Morgan fingerprint density at radius 1 is 1.13 bits per heavy atom. The molecule has 9 heteroatoms. The van der Waals surface area contributed by atoms with Crippen molar-refractivity contribution in [2.24, 2.45) is 0 Å². The molecule has 0 radical (unpaired) electrons. The highest BCUT2D eigenvalue weighted by molar-refractivity contribution is 6.74. The van der Waals surface area contributed by atoms with Crippen LogP contribution in [0.25, 0.3) is 10.9 Å². The Hall–Kier alpha value is -3.74. The number of aromatic hydroxyl groups is 1. The van der Waals surface area contributed by atoms with Gasteiger partial charge in [-0.15, -0.1) is 0 Å². The van der Waals surface area contributed by atoms with Gasteiger partial charge in [0.25, 0.3) is 0 Å². The molecular weight excluding hydrogens is 498 g/mol. The summed E-state index contributed by atoms with van der Waals surface area (Å²) in [6, 6.07) is 13.6. The van der Waals surface area contributed by atoms with Crippen LogP contribution in [-0.4, -0.2) is 47.6 Å². The van der Waals surface area contributed by atoms with Gasteiger partial charge in [-0.05, 0) is 66.5 Å². The molecule has 38 heavy (non-hydrogen) atoms. The number of hydrogen-bond acceptors (Lipinski definition) is 5. The van der Waals surface area contributed by atoms with E-state index in [1.54, 1.807) is 24.3 Å². The van der Waals surface area contributed by atoms with Gasteiger partial charge >= 0.3 is 6.09 Å². The quantitative estimate of drug-likeness (QED) is 0.127. The van der Waals surface area contributed by atoms with Crippen LogP contribution in [0.3, 0.4) is 0 Å². The molecule has 1 amide bonds. The van der Waals surface area contributed by atoms with Crippen molar-refractivity contribution in [2.45, 2.75) is 57.8 Å². The van der Waals surface area contributed by atoms with E-state index in [-0.39, 0.29) is 29.4 Å². The third-order valence-corrected chi connectivity index (χ3v) is 11.5. The molecule has 1 heterocycles. The zero-order valence-corrected chi connectivity index (χ0v) is 23.7. The van der Waals surface area contributed by atoms with Gasteiger partial charge in [-0.1, -0.05) is 38.7 Å². The minimum atomic E-state index is -2.34. The van der Waals surface area contributed by atoms with E-state index in [4.69, 9.17) is 10.2 Å². The van der Waals surface area contributed by atoms with Gasteiger partial charge in [-0.2, -0.15) is 0 Å². The summed E-state index contributed by atoms with van der Waals surface area (Å²) in [6.45, 7) is 11.0. The second-order valence-corrected chi connectivity index (χ2v) is 15.7. The number of phenolic OH excluding ortho intramolecular Hbond substituents is 1. The molecule has 1 aromatic heterocycles. The summed E-state index contributed by atoms with van der Waals surface area (Å²) in [5.41, 5.74) is 7.93. The fourth-order valence-corrected chi connectivity index (χ4v) is 5.09. The average Bonchev–Trinajstić information content (AvgIpc) is 2.83. The van der Waals surface area contributed by atoms with E-state index in [0.29, 0.717) is 35.0 Å². The largest absolute Gasteiger partial charge is 0.506 e. The first-order valence-corrected chi connectivity index (χ1v) is 15.5. The first-order chi connectivity index (χ1) is 17.8. The molecule has 0 aliphatic carbocycles. The van der Waals surface area contributed by atoms with Gasteiger partial charge in [0.05, 0.1) is 18.2 Å². The van der Waals surface area contributed by atoms with E-state index >= 15 is 0 Å². The Balaban J connectivity index is 1.87. The number of carbonyl (C=O) groups is 1. The topological polar surface area (TPSA) is 129 Å². The van der Waals surface area contributed by atoms with Crippen molar-refractivity contribution in [3.8, 4) is 17.6 Å². The fraction of sp³-hybridized carbons (Fsp3) is 0.379. The highest BCUT2D eigenvalue weighted by Crippen LogP contribution is 2.41. The molecule has 0 aliphatic heterocycles. The van der Waals surface area contributed by atoms with Crippen molar-refractivity contribution in [2.75, 3.05) is 18.8 Å². The van der Waals surface area contributed by atoms with Crippen molar-refractivity contribution in [3.63, 3.8) is 0 Å². The summed E-state index contributed by atoms with van der Waals surface area (Å²) >= 11 is 0. The molecule has 0 saturated carbocycles. The van der Waals surface area contributed by atoms with Crippen LogP contribution in [0.5, 0.6) is 5.75 Å². The molecule has 1 atom stereocenters. The number of phenols is 1. The average molecular weight is 536 g/mol. The number of rotatable bonds is 8. The summed E-state index contributed by atoms with van der Waals surface area (Å²) in [4.78, 5) is 28.2. The number of benzene rings is 2. The Bertz CT molecular complexity index is 1400. The maximum Gasteiger partial charge on any atom is 0.407 e. The predicted molar refractivity (Wildman–Crippen MR) is 154 cm³/mol. The number of aromatic amines is 1. The molecule has 2 aromatic carbocycles. The first-order valence-electron chi connectivity index (χ1n) is 12.6. The van der Waals surface area contributed by atoms with E-state index in [1.807, 2.05) is 12.1 Å². The standard InChI is InChI=1S/C29H37N3O5Si/c1-29(2,3)38(4,5)37-25(22-14-16-24(33)27-23(22)15-17-26(34)31-27)19-32(28(35)36)18-8-6-7-9-20-10-12-21(30)13-11-20/h10-17,25,33H,6,8,18-19,30H2,1-5H3,(H,31,34)(H,35,36). The smallest absolute Gasteiger partial charge is 0.407 e. The SMILES string of the molecule is CC(C)(C)[Si](C)(C)OC(CN(CCCC#Cc1ccc(N)cc1)C(=O)O)c1ccc(O)c2[nH]c(=O)ccc12. The Labute approximate surface area is 224 Å². The fourth-order valence-electron chi connectivity index (χ4n) is 3.83. The summed E-state index contributed by atoms with van der Waals surface area (Å²) in [5.74, 6) is 6.12. The second kappa shape index (κ2) is 11.8. The van der Waals surface area contributed by atoms with Gasteiger partial charge in [0, 0.05) is 35.7 Å². The summed E-state index contributed by atoms with van der Waals surface area (Å²) in [5, 5.41) is 20.9. The molecule has 3 aromatic rings. The molecule has 0 spiro atoms. The number of carboxylic acid groups (broad SMARTS) is 1. The molecular formula is C29H37N3O5Si. The second-order valence-electron chi connectivity index (χ2n) is 10.9. The van der Waals surface area contributed by atoms with Crippen LogP contribution in [0.1, 0.15) is 50.8 Å².